The Kier molecular flexibility index (Phi) is 12.2. The third kappa shape index (κ3) is 8.45. The van der Waals surface area contributed by atoms with Crippen molar-refractivity contribution >= 4 is 21.8 Å². The van der Waals surface area contributed by atoms with Crippen LogP contribution in [0.25, 0.3) is 72.5 Å². The van der Waals surface area contributed by atoms with Crippen molar-refractivity contribution in [2.75, 3.05) is 0 Å². The van der Waals surface area contributed by atoms with Gasteiger partial charge in [-0.15, -0.1) is 71.8 Å². The molecule has 0 atom stereocenters. The van der Waals surface area contributed by atoms with Gasteiger partial charge in [0.1, 0.15) is 0 Å². The molecule has 0 aliphatic heterocycles. The summed E-state index contributed by atoms with van der Waals surface area (Å²) < 4.78 is 14.7. The van der Waals surface area contributed by atoms with Crippen molar-refractivity contribution in [3.8, 4) is 73.7 Å². The maximum Gasteiger partial charge on any atom is 2.00 e. The van der Waals surface area contributed by atoms with Crippen molar-refractivity contribution in [2.45, 2.75) is 13.8 Å². The normalized spacial score (nSPS) is 10.9. The fourth-order valence-corrected chi connectivity index (χ4v) is 7.35. The van der Waals surface area contributed by atoms with Crippen molar-refractivity contribution in [1.82, 2.24) is 24.5 Å². The average Bonchev–Trinajstić information content (AvgIpc) is 3.60. The van der Waals surface area contributed by atoms with Crippen molar-refractivity contribution in [3.05, 3.63) is 200 Å². The van der Waals surface area contributed by atoms with Crippen LogP contribution in [0.1, 0.15) is 11.1 Å². The Labute approximate surface area is 382 Å². The summed E-state index contributed by atoms with van der Waals surface area (Å²) in [6.07, 6.45) is 7.26. The fraction of sp³-hybridized carbons (Fsp3) is 0.0385. The van der Waals surface area contributed by atoms with Crippen molar-refractivity contribution in [1.29, 1.82) is 0 Å². The van der Waals surface area contributed by atoms with E-state index in [1.807, 2.05) is 114 Å². The summed E-state index contributed by atoms with van der Waals surface area (Å²) in [5.41, 5.74) is 11.5. The van der Waals surface area contributed by atoms with Crippen LogP contribution in [0.4, 0.5) is 0 Å². The molecule has 0 bridgehead atoms. The van der Waals surface area contributed by atoms with Gasteiger partial charge in [0.15, 0.2) is 0 Å². The smallest absolute Gasteiger partial charge is 0.503 e. The summed E-state index contributed by atoms with van der Waals surface area (Å²) in [5.74, 6) is 2.58. The molecule has 0 unspecified atom stereocenters. The maximum absolute atomic E-state index is 6.41. The van der Waals surface area contributed by atoms with Gasteiger partial charge in [-0.1, -0.05) is 96.0 Å². The van der Waals surface area contributed by atoms with Crippen LogP contribution < -0.4 is 9.47 Å². The molecular formula is C52H33N5O2Pt2. The Morgan fingerprint density at radius 2 is 0.885 bits per heavy atom. The van der Waals surface area contributed by atoms with Gasteiger partial charge in [0.05, 0.1) is 0 Å². The quantitative estimate of drug-likeness (QED) is 0.134. The number of ether oxygens (including phenoxy) is 2. The molecule has 10 aromatic rings. The van der Waals surface area contributed by atoms with E-state index >= 15 is 0 Å². The SMILES string of the molecule is Cc1cc(-c2[c-]c(Oc3[c-]c4c(cc3)c3ccc(Oc5[c-]c(-c6cc(C)c(-c7ccccc7)cn6)ccc5)[c-]c3n4-c3ncccn3)ccc2)ncc1-c1ccccc1.[Pt+2].[Pt+2]. The first-order valence-electron chi connectivity index (χ1n) is 19.2. The zero-order valence-electron chi connectivity index (χ0n) is 32.8. The van der Waals surface area contributed by atoms with Crippen molar-refractivity contribution in [2.24, 2.45) is 0 Å². The second kappa shape index (κ2) is 18.0. The molecule has 9 heteroatoms. The van der Waals surface area contributed by atoms with Crippen LogP contribution in [-0.4, -0.2) is 24.5 Å². The van der Waals surface area contributed by atoms with E-state index in [0.29, 0.717) is 28.9 Å². The van der Waals surface area contributed by atoms with Gasteiger partial charge in [-0.3, -0.25) is 0 Å². The minimum Gasteiger partial charge on any atom is -0.503 e. The van der Waals surface area contributed by atoms with Gasteiger partial charge in [0, 0.05) is 58.9 Å². The first kappa shape index (κ1) is 41.2. The van der Waals surface area contributed by atoms with Gasteiger partial charge in [0.25, 0.3) is 0 Å². The van der Waals surface area contributed by atoms with E-state index in [9.17, 15) is 0 Å². The summed E-state index contributed by atoms with van der Waals surface area (Å²) in [6.45, 7) is 4.20. The molecule has 10 rings (SSSR count). The number of hydrogen-bond acceptors (Lipinski definition) is 6. The molecule has 0 saturated carbocycles. The minimum atomic E-state index is 0. The predicted octanol–water partition coefficient (Wildman–Crippen LogP) is 12.4. The van der Waals surface area contributed by atoms with Gasteiger partial charge in [0.2, 0.25) is 5.95 Å². The van der Waals surface area contributed by atoms with Crippen LogP contribution in [0.2, 0.25) is 0 Å². The number of pyridine rings is 2. The van der Waals surface area contributed by atoms with E-state index in [1.165, 1.54) is 0 Å². The molecule has 61 heavy (non-hydrogen) atoms. The molecule has 0 amide bonds. The van der Waals surface area contributed by atoms with Gasteiger partial charge in [-0.2, -0.15) is 22.9 Å². The van der Waals surface area contributed by atoms with E-state index in [4.69, 9.17) is 19.4 Å². The third-order valence-corrected chi connectivity index (χ3v) is 10.2. The molecule has 298 valence electrons. The molecule has 0 N–H and O–H groups in total. The zero-order valence-corrected chi connectivity index (χ0v) is 37.3. The van der Waals surface area contributed by atoms with Crippen molar-refractivity contribution in [3.63, 3.8) is 0 Å². The van der Waals surface area contributed by atoms with E-state index in [1.54, 1.807) is 18.5 Å². The van der Waals surface area contributed by atoms with Crippen LogP contribution in [-0.2, 0) is 42.1 Å². The topological polar surface area (TPSA) is 75.0 Å². The number of benzene rings is 6. The van der Waals surface area contributed by atoms with E-state index in [-0.39, 0.29) is 42.1 Å². The molecular weight excluding hydrogens is 1120 g/mol. The van der Waals surface area contributed by atoms with Crippen molar-refractivity contribution < 1.29 is 51.6 Å². The Balaban J connectivity index is 0.00000257. The average molecular weight is 1150 g/mol. The molecule has 6 aromatic carbocycles. The number of hydrogen-bond donors (Lipinski definition) is 0. The largest absolute Gasteiger partial charge is 2.00 e. The molecule has 4 aromatic heterocycles. The molecule has 7 nitrogen and oxygen atoms in total. The minimum absolute atomic E-state index is 0. The monoisotopic (exact) mass is 1150 g/mol. The Morgan fingerprint density at radius 1 is 0.443 bits per heavy atom. The molecule has 4 heterocycles. The first-order chi connectivity index (χ1) is 29.0. The molecule has 0 spiro atoms. The van der Waals surface area contributed by atoms with Crippen LogP contribution in [0.3, 0.4) is 0 Å². The van der Waals surface area contributed by atoms with E-state index in [2.05, 4.69) is 84.5 Å². The van der Waals surface area contributed by atoms with Gasteiger partial charge in [-0.25, -0.2) is 9.97 Å². The Hall–Kier alpha value is -6.52. The third-order valence-electron chi connectivity index (χ3n) is 10.2. The van der Waals surface area contributed by atoms with Crippen LogP contribution in [0.5, 0.6) is 23.0 Å². The van der Waals surface area contributed by atoms with E-state index < -0.39 is 0 Å². The second-order valence-electron chi connectivity index (χ2n) is 14.1. The predicted molar refractivity (Wildman–Crippen MR) is 232 cm³/mol. The van der Waals surface area contributed by atoms with Crippen LogP contribution in [0.15, 0.2) is 164 Å². The van der Waals surface area contributed by atoms with Gasteiger partial charge in [-0.05, 0) is 53.6 Å². The van der Waals surface area contributed by atoms with E-state index in [0.717, 1.165) is 77.7 Å². The first-order valence-corrected chi connectivity index (χ1v) is 19.2. The molecule has 0 fully saturated rings. The van der Waals surface area contributed by atoms with Gasteiger partial charge >= 0.3 is 42.1 Å². The summed E-state index contributed by atoms with van der Waals surface area (Å²) >= 11 is 0. The number of rotatable bonds is 9. The summed E-state index contributed by atoms with van der Waals surface area (Å²) in [5, 5.41) is 1.87. The molecule has 0 saturated heterocycles. The maximum atomic E-state index is 6.41. The summed E-state index contributed by atoms with van der Waals surface area (Å²) in [4.78, 5) is 18.8. The Morgan fingerprint density at radius 3 is 1.33 bits per heavy atom. The second-order valence-corrected chi connectivity index (χ2v) is 14.1. The number of aromatic nitrogens is 5. The Bertz CT molecular complexity index is 2950. The summed E-state index contributed by atoms with van der Waals surface area (Å²) in [7, 11) is 0. The molecule has 0 aliphatic rings. The number of nitrogens with zero attached hydrogens (tertiary/aromatic N) is 5. The van der Waals surface area contributed by atoms with Crippen LogP contribution in [0, 0.1) is 38.1 Å². The van der Waals surface area contributed by atoms with Crippen LogP contribution >= 0.6 is 0 Å². The zero-order chi connectivity index (χ0) is 39.7. The molecule has 0 aliphatic carbocycles. The molecule has 0 radical (unpaired) electrons. The standard InChI is InChI=1S/C52H33N5O2.2Pt/c1-34-26-48(55-32-46(34)36-12-5-3-6-13-36)38-16-9-18-40(28-38)58-42-20-22-44-45-23-21-43(31-51(45)57(50(44)30-42)52-53-24-11-25-54-52)59-41-19-10-17-39(29-41)49-27-35(2)47(33-56-49)37-14-7-4-8-15-37;;/h3-27,32-33H,1-2H3;;/q-4;2*+2. The van der Waals surface area contributed by atoms with Gasteiger partial charge < -0.3 is 24.0 Å². The fourth-order valence-electron chi connectivity index (χ4n) is 7.35. The number of aryl methyl sites for hydroxylation is 2. The number of fused-ring (bicyclic) bond motifs is 3. The summed E-state index contributed by atoms with van der Waals surface area (Å²) in [6, 6.07) is 59.8.